The van der Waals surface area contributed by atoms with Crippen molar-refractivity contribution in [1.82, 2.24) is 0 Å². The van der Waals surface area contributed by atoms with Crippen molar-refractivity contribution in [2.24, 2.45) is 0 Å². The molecule has 1 aliphatic carbocycles. The molecule has 0 saturated heterocycles. The summed E-state index contributed by atoms with van der Waals surface area (Å²) in [5.74, 6) is -0.152. The summed E-state index contributed by atoms with van der Waals surface area (Å²) < 4.78 is 5.44. The van der Waals surface area contributed by atoms with Gasteiger partial charge in [0.05, 0.1) is 0 Å². The lowest BCUT2D eigenvalue weighted by Crippen LogP contribution is -2.66. The molecule has 3 heteroatoms. The molecule has 1 aliphatic rings. The van der Waals surface area contributed by atoms with E-state index in [0.717, 1.165) is 18.4 Å². The van der Waals surface area contributed by atoms with Gasteiger partial charge in [0.25, 0.3) is 0 Å². The van der Waals surface area contributed by atoms with Crippen LogP contribution < -0.4 is 5.73 Å². The third kappa shape index (κ3) is 3.56. The molecule has 3 N–H and O–H groups in total. The van der Waals surface area contributed by atoms with Gasteiger partial charge in [-0.25, -0.2) is 4.79 Å². The van der Waals surface area contributed by atoms with E-state index in [4.69, 9.17) is 4.74 Å². The van der Waals surface area contributed by atoms with Gasteiger partial charge in [-0.2, -0.15) is 0 Å². The van der Waals surface area contributed by atoms with Crippen molar-refractivity contribution in [2.45, 2.75) is 44.2 Å². The molecule has 1 atom stereocenters. The predicted molar refractivity (Wildman–Crippen MR) is 65.2 cm³/mol. The Kier molecular flexibility index (Phi) is 4.15. The van der Waals surface area contributed by atoms with Gasteiger partial charge in [-0.1, -0.05) is 30.3 Å². The standard InChI is InChI=1S/C14H19NO2/c15-13(10-11-6-2-1-3-7-11)14(16)17-12-8-4-5-9-12/h1-3,6-7,12-13H,4-5,8-10,15H2/p+1/t13-/m0/s1. The van der Waals surface area contributed by atoms with Crippen LogP contribution in [0.2, 0.25) is 0 Å². The monoisotopic (exact) mass is 234 g/mol. The van der Waals surface area contributed by atoms with Gasteiger partial charge in [0.1, 0.15) is 6.10 Å². The lowest BCUT2D eigenvalue weighted by atomic mass is 10.1. The molecule has 2 rings (SSSR count). The Morgan fingerprint density at radius 1 is 1.29 bits per heavy atom. The number of carbonyl (C=O) groups excluding carboxylic acids is 1. The first-order valence-electron chi connectivity index (χ1n) is 6.33. The molecule has 0 aromatic heterocycles. The van der Waals surface area contributed by atoms with E-state index < -0.39 is 0 Å². The average molecular weight is 234 g/mol. The fraction of sp³-hybridized carbons (Fsp3) is 0.500. The van der Waals surface area contributed by atoms with E-state index >= 15 is 0 Å². The summed E-state index contributed by atoms with van der Waals surface area (Å²) in [7, 11) is 0. The van der Waals surface area contributed by atoms with Crippen molar-refractivity contribution in [2.75, 3.05) is 0 Å². The van der Waals surface area contributed by atoms with Crippen LogP contribution in [-0.4, -0.2) is 18.1 Å². The second-order valence-corrected chi connectivity index (χ2v) is 4.73. The summed E-state index contributed by atoms with van der Waals surface area (Å²) in [6.45, 7) is 0. The number of hydrogen-bond acceptors (Lipinski definition) is 2. The summed E-state index contributed by atoms with van der Waals surface area (Å²) >= 11 is 0. The highest BCUT2D eigenvalue weighted by atomic mass is 16.5. The Labute approximate surface area is 102 Å². The molecule has 1 aromatic rings. The van der Waals surface area contributed by atoms with Crippen molar-refractivity contribution in [3.05, 3.63) is 35.9 Å². The molecule has 0 aliphatic heterocycles. The maximum atomic E-state index is 11.8. The highest BCUT2D eigenvalue weighted by Crippen LogP contribution is 2.21. The molecule has 0 bridgehead atoms. The van der Waals surface area contributed by atoms with Crippen molar-refractivity contribution in [3.63, 3.8) is 0 Å². The predicted octanol–water partition coefficient (Wildman–Crippen LogP) is 1.33. The van der Waals surface area contributed by atoms with E-state index in [0.29, 0.717) is 6.42 Å². The molecule has 0 unspecified atom stereocenters. The number of carbonyl (C=O) groups is 1. The molecule has 0 radical (unpaired) electrons. The Bertz CT molecular complexity index is 358. The van der Waals surface area contributed by atoms with E-state index in [1.807, 2.05) is 30.3 Å². The second kappa shape index (κ2) is 5.82. The topological polar surface area (TPSA) is 53.9 Å². The molecule has 92 valence electrons. The normalized spacial score (nSPS) is 17.9. The lowest BCUT2D eigenvalue weighted by Gasteiger charge is -2.13. The van der Waals surface area contributed by atoms with Crippen LogP contribution in [0.4, 0.5) is 0 Å². The molecule has 17 heavy (non-hydrogen) atoms. The first kappa shape index (κ1) is 12.1. The minimum absolute atomic E-state index is 0.141. The number of quaternary nitrogens is 1. The number of rotatable bonds is 4. The third-order valence-corrected chi connectivity index (χ3v) is 3.24. The van der Waals surface area contributed by atoms with E-state index in [1.54, 1.807) is 0 Å². The number of benzene rings is 1. The summed E-state index contributed by atoms with van der Waals surface area (Å²) in [6.07, 6.45) is 5.19. The second-order valence-electron chi connectivity index (χ2n) is 4.73. The van der Waals surface area contributed by atoms with Crippen LogP contribution in [0.25, 0.3) is 0 Å². The van der Waals surface area contributed by atoms with E-state index in [2.05, 4.69) is 5.73 Å². The van der Waals surface area contributed by atoms with Crippen LogP contribution in [0.5, 0.6) is 0 Å². The molecule has 0 amide bonds. The van der Waals surface area contributed by atoms with Gasteiger partial charge in [-0.05, 0) is 31.2 Å². The van der Waals surface area contributed by atoms with Gasteiger partial charge in [0, 0.05) is 6.42 Å². The number of esters is 1. The first-order chi connectivity index (χ1) is 8.25. The van der Waals surface area contributed by atoms with Crippen molar-refractivity contribution in [3.8, 4) is 0 Å². The Hall–Kier alpha value is -1.35. The van der Waals surface area contributed by atoms with Crippen molar-refractivity contribution >= 4 is 5.97 Å². The third-order valence-electron chi connectivity index (χ3n) is 3.24. The summed E-state index contributed by atoms with van der Waals surface area (Å²) in [6, 6.07) is 9.66. The van der Waals surface area contributed by atoms with Crippen LogP contribution >= 0.6 is 0 Å². The molecular formula is C14H20NO2+. The van der Waals surface area contributed by atoms with Crippen LogP contribution in [0.15, 0.2) is 30.3 Å². The Morgan fingerprint density at radius 3 is 2.59 bits per heavy atom. The van der Waals surface area contributed by atoms with E-state index in [-0.39, 0.29) is 18.1 Å². The molecule has 0 heterocycles. The minimum Gasteiger partial charge on any atom is -0.458 e. The largest absolute Gasteiger partial charge is 0.458 e. The minimum atomic E-state index is -0.294. The summed E-state index contributed by atoms with van der Waals surface area (Å²) in [5.41, 5.74) is 5.04. The van der Waals surface area contributed by atoms with Crippen LogP contribution in [0.3, 0.4) is 0 Å². The van der Waals surface area contributed by atoms with E-state index in [1.165, 1.54) is 12.8 Å². The summed E-state index contributed by atoms with van der Waals surface area (Å²) in [5, 5.41) is 0. The van der Waals surface area contributed by atoms with Gasteiger partial charge in [-0.15, -0.1) is 0 Å². The van der Waals surface area contributed by atoms with E-state index in [9.17, 15) is 4.79 Å². The van der Waals surface area contributed by atoms with Crippen molar-refractivity contribution in [1.29, 1.82) is 0 Å². The van der Waals surface area contributed by atoms with Gasteiger partial charge < -0.3 is 10.5 Å². The zero-order valence-electron chi connectivity index (χ0n) is 10.1. The smallest absolute Gasteiger partial charge is 0.365 e. The molecular weight excluding hydrogens is 214 g/mol. The number of hydrogen-bond donors (Lipinski definition) is 1. The lowest BCUT2D eigenvalue weighted by molar-refractivity contribution is -0.408. The van der Waals surface area contributed by atoms with Crippen molar-refractivity contribution < 1.29 is 15.3 Å². The maximum absolute atomic E-state index is 11.8. The van der Waals surface area contributed by atoms with Gasteiger partial charge in [0.2, 0.25) is 0 Å². The number of ether oxygens (including phenoxy) is 1. The Balaban J connectivity index is 1.82. The quantitative estimate of drug-likeness (QED) is 0.799. The molecule has 1 saturated carbocycles. The molecule has 3 nitrogen and oxygen atoms in total. The van der Waals surface area contributed by atoms with Gasteiger partial charge >= 0.3 is 5.97 Å². The molecule has 1 aromatic carbocycles. The molecule has 1 fully saturated rings. The highest BCUT2D eigenvalue weighted by Gasteiger charge is 2.25. The van der Waals surface area contributed by atoms with Crippen LogP contribution in [0.1, 0.15) is 31.2 Å². The fourth-order valence-corrected chi connectivity index (χ4v) is 2.25. The van der Waals surface area contributed by atoms with Crippen LogP contribution in [0, 0.1) is 0 Å². The average Bonchev–Trinajstić information content (AvgIpc) is 2.83. The zero-order chi connectivity index (χ0) is 12.1. The van der Waals surface area contributed by atoms with Gasteiger partial charge in [0.15, 0.2) is 6.04 Å². The first-order valence-corrected chi connectivity index (χ1v) is 6.33. The zero-order valence-corrected chi connectivity index (χ0v) is 10.1. The fourth-order valence-electron chi connectivity index (χ4n) is 2.25. The Morgan fingerprint density at radius 2 is 1.94 bits per heavy atom. The highest BCUT2D eigenvalue weighted by molar-refractivity contribution is 5.74. The SMILES string of the molecule is [NH3+][C@@H](Cc1ccccc1)C(=O)OC1CCCC1. The van der Waals surface area contributed by atoms with Gasteiger partial charge in [-0.3, -0.25) is 0 Å². The summed E-state index contributed by atoms with van der Waals surface area (Å²) in [4.78, 5) is 11.8. The maximum Gasteiger partial charge on any atom is 0.365 e. The molecule has 0 spiro atoms. The van der Waals surface area contributed by atoms with Crippen LogP contribution in [-0.2, 0) is 16.0 Å².